The van der Waals surface area contributed by atoms with Crippen molar-refractivity contribution in [3.63, 3.8) is 0 Å². The SMILES string of the molecule is Cl.N[C@@H]1C2CCN(CC2)C12CC2.O=C(C[C@@H]1C2CCN(CC2)C12CC2)c1cc2ccc(C3CCOCC3)cc2s1.O=C=O.c1cc2ccc(C3CCOCC3)cc2s1. The fourth-order valence-electron chi connectivity index (χ4n) is 11.7. The second-order valence-corrected chi connectivity index (χ2v) is 20.1. The number of thiophene rings is 2. The summed E-state index contributed by atoms with van der Waals surface area (Å²) in [7, 11) is 0. The van der Waals surface area contributed by atoms with E-state index in [1.807, 2.05) is 11.3 Å². The first-order valence-electron chi connectivity index (χ1n) is 21.8. The number of hydrogen-bond acceptors (Lipinski definition) is 10. The van der Waals surface area contributed by atoms with Gasteiger partial charge < -0.3 is 15.2 Å². The number of Topliss-reactive ketones (excluding diaryl/α,β-unsaturated/α-hetero) is 1. The van der Waals surface area contributed by atoms with Crippen LogP contribution in [0.2, 0.25) is 0 Å². The lowest BCUT2D eigenvalue weighted by Gasteiger charge is -2.52. The van der Waals surface area contributed by atoms with E-state index >= 15 is 0 Å². The smallest absolute Gasteiger partial charge is 0.373 e. The second kappa shape index (κ2) is 18.2. The van der Waals surface area contributed by atoms with Gasteiger partial charge in [-0.2, -0.15) is 9.59 Å². The number of piperidine rings is 6. The molecular formula is C47H60ClN3O5S2. The number of halogens is 1. The van der Waals surface area contributed by atoms with Crippen molar-refractivity contribution >= 4 is 67.2 Å². The van der Waals surface area contributed by atoms with Gasteiger partial charge in [0.25, 0.3) is 0 Å². The third-order valence-electron chi connectivity index (χ3n) is 15.3. The summed E-state index contributed by atoms with van der Waals surface area (Å²) >= 11 is 3.55. The summed E-state index contributed by atoms with van der Waals surface area (Å²) in [5.41, 5.74) is 10.1. The Kier molecular flexibility index (Phi) is 13.3. The van der Waals surface area contributed by atoms with E-state index in [0.717, 1.165) is 62.4 Å². The Balaban J connectivity index is 0.000000131. The van der Waals surface area contributed by atoms with Gasteiger partial charge in [0.15, 0.2) is 5.78 Å². The van der Waals surface area contributed by atoms with Crippen LogP contribution in [0, 0.1) is 17.8 Å². The van der Waals surface area contributed by atoms with Crippen LogP contribution in [0.15, 0.2) is 53.9 Å². The van der Waals surface area contributed by atoms with Crippen molar-refractivity contribution in [1.82, 2.24) is 9.80 Å². The van der Waals surface area contributed by atoms with Crippen molar-refractivity contribution in [2.75, 3.05) is 52.6 Å². The van der Waals surface area contributed by atoms with E-state index in [9.17, 15) is 4.79 Å². The number of fused-ring (bicyclic) bond motifs is 6. The van der Waals surface area contributed by atoms with Crippen LogP contribution < -0.4 is 5.73 Å². The maximum atomic E-state index is 13.2. The zero-order valence-corrected chi connectivity index (χ0v) is 36.2. The molecule has 58 heavy (non-hydrogen) atoms. The van der Waals surface area contributed by atoms with Crippen molar-refractivity contribution in [3.05, 3.63) is 69.9 Å². The molecule has 2 spiro atoms. The van der Waals surface area contributed by atoms with Gasteiger partial charge in [-0.15, -0.1) is 35.1 Å². The van der Waals surface area contributed by atoms with Crippen LogP contribution in [0.5, 0.6) is 0 Å². The molecule has 0 radical (unpaired) electrons. The molecule has 14 rings (SSSR count). The van der Waals surface area contributed by atoms with Crippen molar-refractivity contribution < 1.29 is 23.9 Å². The standard InChI is InChI=1S/C24H29NO2S.C13H14OS.C9H16N2.CO2.ClH/c26-21(15-20-17-3-9-25(10-4-17)24(20)7-8-24)23-14-19-2-1-18(13-22(19)28-23)16-5-11-27-12-6-16;1-2-12(10-3-6-14-7-4-10)9-13-11(1)5-8-15-13;10-8-7-1-5-11(6-2-7)9(8)3-4-9;2-1-3;/h1-2,13-14,16-17,20H,3-12,15H2;1-2,5,8-10H,3-4,6-7H2;7-8H,1-6,10H2;;1H/t20-;;8-;;/m1.1../s1. The third-order valence-corrected chi connectivity index (χ3v) is 17.4. The predicted octanol–water partition coefficient (Wildman–Crippen LogP) is 9.45. The van der Waals surface area contributed by atoms with E-state index in [4.69, 9.17) is 24.8 Å². The summed E-state index contributed by atoms with van der Waals surface area (Å²) in [5, 5.41) is 4.77. The van der Waals surface area contributed by atoms with Crippen LogP contribution in [0.1, 0.15) is 116 Å². The van der Waals surface area contributed by atoms with Gasteiger partial charge in [0.2, 0.25) is 0 Å². The first-order valence-corrected chi connectivity index (χ1v) is 23.5. The van der Waals surface area contributed by atoms with Crippen LogP contribution in [0.4, 0.5) is 0 Å². The van der Waals surface area contributed by atoms with Gasteiger partial charge in [0, 0.05) is 59.4 Å². The molecule has 2 atom stereocenters. The molecule has 8 aliphatic heterocycles. The summed E-state index contributed by atoms with van der Waals surface area (Å²) in [6, 6.07) is 18.6. The van der Waals surface area contributed by atoms with Crippen molar-refractivity contribution in [1.29, 1.82) is 0 Å². The minimum absolute atomic E-state index is 0. The Bertz CT molecular complexity index is 2040. The fourth-order valence-corrected chi connectivity index (χ4v) is 13.6. The molecule has 2 saturated carbocycles. The van der Waals surface area contributed by atoms with Crippen molar-refractivity contribution in [2.45, 2.75) is 112 Å². The molecule has 2 aromatic heterocycles. The lowest BCUT2D eigenvalue weighted by Crippen LogP contribution is -2.63. The van der Waals surface area contributed by atoms with Gasteiger partial charge in [-0.25, -0.2) is 0 Å². The van der Waals surface area contributed by atoms with Gasteiger partial charge in [-0.05, 0) is 184 Å². The van der Waals surface area contributed by atoms with E-state index < -0.39 is 0 Å². The molecule has 4 aromatic rings. The van der Waals surface area contributed by atoms with Crippen LogP contribution in [0.25, 0.3) is 20.2 Å². The van der Waals surface area contributed by atoms with E-state index in [1.165, 1.54) is 122 Å². The monoisotopic (exact) mass is 845 g/mol. The highest BCUT2D eigenvalue weighted by Gasteiger charge is 2.60. The maximum absolute atomic E-state index is 13.2. The molecule has 8 saturated heterocycles. The van der Waals surface area contributed by atoms with Crippen LogP contribution in [0.3, 0.4) is 0 Å². The number of nitrogens with two attached hydrogens (primary N) is 1. The minimum Gasteiger partial charge on any atom is -0.381 e. The number of ketones is 1. The molecule has 2 N–H and O–H groups in total. The average Bonchev–Trinajstić information content (AvgIpc) is 4.14. The Morgan fingerprint density at radius 2 is 1.21 bits per heavy atom. The molecule has 4 bridgehead atoms. The number of ether oxygens (including phenoxy) is 2. The summed E-state index contributed by atoms with van der Waals surface area (Å²) < 4.78 is 13.6. The Hall–Kier alpha value is -2.50. The molecule has 0 unspecified atom stereocenters. The number of carbonyl (C=O) groups excluding carboxylic acids is 3. The number of hydrogen-bond donors (Lipinski definition) is 1. The van der Waals surface area contributed by atoms with E-state index in [0.29, 0.717) is 40.7 Å². The predicted molar refractivity (Wildman–Crippen MR) is 234 cm³/mol. The lowest BCUT2D eigenvalue weighted by molar-refractivity contribution is -0.191. The lowest BCUT2D eigenvalue weighted by atomic mass is 9.70. The highest BCUT2D eigenvalue weighted by Crippen LogP contribution is 2.59. The highest BCUT2D eigenvalue weighted by molar-refractivity contribution is 7.20. The van der Waals surface area contributed by atoms with Gasteiger partial charge in [0.1, 0.15) is 0 Å². The van der Waals surface area contributed by atoms with Gasteiger partial charge in [0.05, 0.1) is 4.88 Å². The van der Waals surface area contributed by atoms with E-state index in [2.05, 4.69) is 63.7 Å². The molecule has 10 fully saturated rings. The quantitative estimate of drug-likeness (QED) is 0.199. The molecule has 10 aliphatic rings. The average molecular weight is 847 g/mol. The van der Waals surface area contributed by atoms with Crippen LogP contribution >= 0.6 is 35.1 Å². The van der Waals surface area contributed by atoms with E-state index in [1.54, 1.807) is 11.3 Å². The van der Waals surface area contributed by atoms with Crippen LogP contribution in [-0.4, -0.2) is 91.5 Å². The summed E-state index contributed by atoms with van der Waals surface area (Å²) in [5.74, 6) is 3.96. The van der Waals surface area contributed by atoms with Crippen LogP contribution in [-0.2, 0) is 19.1 Å². The molecule has 2 aliphatic carbocycles. The fraction of sp³-hybridized carbons (Fsp3) is 0.617. The molecule has 11 heteroatoms. The second-order valence-electron chi connectivity index (χ2n) is 18.1. The normalized spacial score (nSPS) is 29.9. The largest absolute Gasteiger partial charge is 0.381 e. The summed E-state index contributed by atoms with van der Waals surface area (Å²) in [6.07, 6.45) is 16.3. The van der Waals surface area contributed by atoms with Gasteiger partial charge >= 0.3 is 6.15 Å². The minimum atomic E-state index is 0. The van der Waals surface area contributed by atoms with Crippen molar-refractivity contribution in [3.8, 4) is 0 Å². The Morgan fingerprint density at radius 1 is 0.690 bits per heavy atom. The molecule has 2 aromatic carbocycles. The summed E-state index contributed by atoms with van der Waals surface area (Å²) in [6.45, 7) is 8.80. The van der Waals surface area contributed by atoms with Crippen molar-refractivity contribution in [2.24, 2.45) is 23.5 Å². The number of benzene rings is 2. The van der Waals surface area contributed by atoms with Gasteiger partial charge in [-0.3, -0.25) is 14.6 Å². The summed E-state index contributed by atoms with van der Waals surface area (Å²) in [4.78, 5) is 35.8. The molecular weight excluding hydrogens is 786 g/mol. The number of nitrogens with zero attached hydrogens (tertiary/aromatic N) is 2. The topological polar surface area (TPSA) is 102 Å². The molecule has 10 heterocycles. The maximum Gasteiger partial charge on any atom is 0.373 e. The highest BCUT2D eigenvalue weighted by atomic mass is 35.5. The van der Waals surface area contributed by atoms with E-state index in [-0.39, 0.29) is 18.6 Å². The molecule has 0 amide bonds. The molecule has 8 nitrogen and oxygen atoms in total. The number of rotatable bonds is 5. The Labute approximate surface area is 357 Å². The Morgan fingerprint density at radius 3 is 1.74 bits per heavy atom. The van der Waals surface area contributed by atoms with Gasteiger partial charge in [-0.1, -0.05) is 24.3 Å². The first kappa shape index (κ1) is 42.2. The zero-order chi connectivity index (χ0) is 39.0. The third kappa shape index (κ3) is 8.53. The zero-order valence-electron chi connectivity index (χ0n) is 33.7. The molecule has 312 valence electrons. The first-order chi connectivity index (χ1) is 27.9. The number of carbonyl (C=O) groups is 1.